The molecule has 1 saturated heterocycles. The smallest absolute Gasteiger partial charge is 0.234 e. The molecule has 0 aromatic heterocycles. The molecule has 0 saturated carbocycles. The minimum atomic E-state index is -0.0705. The summed E-state index contributed by atoms with van der Waals surface area (Å²) in [5.74, 6) is 0.0502. The molecule has 2 unspecified atom stereocenters. The van der Waals surface area contributed by atoms with Gasteiger partial charge in [-0.2, -0.15) is 0 Å². The molecule has 0 radical (unpaired) electrons. The highest BCUT2D eigenvalue weighted by atomic mass is 35.5. The first-order chi connectivity index (χ1) is 9.60. The highest BCUT2D eigenvalue weighted by molar-refractivity contribution is 6.31. The summed E-state index contributed by atoms with van der Waals surface area (Å²) in [6.45, 7) is 4.32. The fraction of sp³-hybridized carbons (Fsp3) is 0.533. The van der Waals surface area contributed by atoms with Gasteiger partial charge in [0.05, 0.1) is 12.6 Å². The molecule has 1 aromatic carbocycles. The second kappa shape index (κ2) is 8.59. The Bertz CT molecular complexity index is 470. The van der Waals surface area contributed by atoms with Gasteiger partial charge in [-0.05, 0) is 32.0 Å². The van der Waals surface area contributed by atoms with Crippen LogP contribution in [0, 0.1) is 0 Å². The molecule has 0 aliphatic carbocycles. The van der Waals surface area contributed by atoms with Crippen molar-refractivity contribution in [2.45, 2.75) is 25.4 Å². The number of benzene rings is 1. The first-order valence-electron chi connectivity index (χ1n) is 7.03. The maximum absolute atomic E-state index is 12.1. The summed E-state index contributed by atoms with van der Waals surface area (Å²) in [5.41, 5.74) is 0.956. The first-order valence-corrected chi connectivity index (χ1v) is 7.41. The lowest BCUT2D eigenvalue weighted by atomic mass is 10.1. The summed E-state index contributed by atoms with van der Waals surface area (Å²) in [6, 6.07) is 8.05. The van der Waals surface area contributed by atoms with Gasteiger partial charge in [-0.3, -0.25) is 9.69 Å². The third-order valence-electron chi connectivity index (χ3n) is 3.80. The van der Waals surface area contributed by atoms with E-state index in [1.807, 2.05) is 38.2 Å². The molecule has 6 heteroatoms. The summed E-state index contributed by atoms with van der Waals surface area (Å²) in [5, 5.41) is 6.95. The van der Waals surface area contributed by atoms with E-state index in [0.29, 0.717) is 17.6 Å². The molecular weight excluding hydrogens is 309 g/mol. The molecule has 0 spiro atoms. The number of carbonyl (C=O) groups excluding carboxylic acids is 1. The number of halogens is 2. The van der Waals surface area contributed by atoms with E-state index in [2.05, 4.69) is 15.5 Å². The van der Waals surface area contributed by atoms with Crippen molar-refractivity contribution in [2.24, 2.45) is 0 Å². The number of likely N-dealkylation sites (tertiary alicyclic amines) is 1. The molecular formula is C15H23Cl2N3O. The summed E-state index contributed by atoms with van der Waals surface area (Å²) in [6.07, 6.45) is 1.10. The first kappa shape index (κ1) is 18.2. The van der Waals surface area contributed by atoms with Crippen LogP contribution in [0.2, 0.25) is 5.02 Å². The number of carbonyl (C=O) groups is 1. The Morgan fingerprint density at radius 3 is 2.81 bits per heavy atom. The Morgan fingerprint density at radius 1 is 1.48 bits per heavy atom. The van der Waals surface area contributed by atoms with Gasteiger partial charge >= 0.3 is 0 Å². The Balaban J connectivity index is 0.00000220. The Hall–Kier alpha value is -0.810. The predicted octanol–water partition coefficient (Wildman–Crippen LogP) is 2.23. The molecule has 1 fully saturated rings. The SMILES string of the molecule is CNC1CCN(CC(=O)NC(C)c2ccccc2Cl)C1.Cl. The molecule has 2 N–H and O–H groups in total. The van der Waals surface area contributed by atoms with Gasteiger partial charge in [0.2, 0.25) is 5.91 Å². The third-order valence-corrected chi connectivity index (χ3v) is 4.14. The quantitative estimate of drug-likeness (QED) is 0.869. The molecule has 1 aliphatic heterocycles. The number of nitrogens with one attached hydrogen (secondary N) is 2. The van der Waals surface area contributed by atoms with Crippen LogP contribution in [0.25, 0.3) is 0 Å². The summed E-state index contributed by atoms with van der Waals surface area (Å²) in [4.78, 5) is 14.2. The molecule has 1 aromatic rings. The van der Waals surface area contributed by atoms with Gasteiger partial charge in [-0.25, -0.2) is 0 Å². The van der Waals surface area contributed by atoms with Gasteiger partial charge in [0, 0.05) is 24.2 Å². The molecule has 2 atom stereocenters. The fourth-order valence-electron chi connectivity index (χ4n) is 2.61. The van der Waals surface area contributed by atoms with E-state index in [0.717, 1.165) is 25.1 Å². The van der Waals surface area contributed by atoms with Crippen molar-refractivity contribution in [2.75, 3.05) is 26.7 Å². The molecule has 1 heterocycles. The van der Waals surface area contributed by atoms with Gasteiger partial charge in [0.1, 0.15) is 0 Å². The minimum absolute atomic E-state index is 0. The Labute approximate surface area is 137 Å². The monoisotopic (exact) mass is 331 g/mol. The molecule has 0 bridgehead atoms. The van der Waals surface area contributed by atoms with Gasteiger partial charge < -0.3 is 10.6 Å². The van der Waals surface area contributed by atoms with Crippen LogP contribution >= 0.6 is 24.0 Å². The summed E-state index contributed by atoms with van der Waals surface area (Å²) in [7, 11) is 1.97. The number of likely N-dealkylation sites (N-methyl/N-ethyl adjacent to an activating group) is 1. The van der Waals surface area contributed by atoms with E-state index in [4.69, 9.17) is 11.6 Å². The normalized spacial score (nSPS) is 19.9. The van der Waals surface area contributed by atoms with E-state index < -0.39 is 0 Å². The van der Waals surface area contributed by atoms with Crippen molar-refractivity contribution < 1.29 is 4.79 Å². The average molecular weight is 332 g/mol. The molecule has 1 amide bonds. The van der Waals surface area contributed by atoms with Crippen molar-refractivity contribution in [3.05, 3.63) is 34.9 Å². The molecule has 118 valence electrons. The highest BCUT2D eigenvalue weighted by Crippen LogP contribution is 2.22. The number of rotatable bonds is 5. The van der Waals surface area contributed by atoms with Crippen LogP contribution in [-0.4, -0.2) is 43.5 Å². The van der Waals surface area contributed by atoms with Crippen LogP contribution < -0.4 is 10.6 Å². The van der Waals surface area contributed by atoms with Crippen molar-refractivity contribution >= 4 is 29.9 Å². The minimum Gasteiger partial charge on any atom is -0.348 e. The van der Waals surface area contributed by atoms with Crippen LogP contribution in [-0.2, 0) is 4.79 Å². The van der Waals surface area contributed by atoms with Crippen molar-refractivity contribution in [1.82, 2.24) is 15.5 Å². The van der Waals surface area contributed by atoms with Gasteiger partial charge in [0.25, 0.3) is 0 Å². The zero-order chi connectivity index (χ0) is 14.5. The van der Waals surface area contributed by atoms with Crippen LogP contribution in [0.15, 0.2) is 24.3 Å². The fourth-order valence-corrected chi connectivity index (χ4v) is 2.91. The summed E-state index contributed by atoms with van der Waals surface area (Å²) < 4.78 is 0. The van der Waals surface area contributed by atoms with E-state index >= 15 is 0 Å². The van der Waals surface area contributed by atoms with Crippen LogP contribution in [0.4, 0.5) is 0 Å². The maximum atomic E-state index is 12.1. The largest absolute Gasteiger partial charge is 0.348 e. The maximum Gasteiger partial charge on any atom is 0.234 e. The van der Waals surface area contributed by atoms with E-state index in [-0.39, 0.29) is 24.4 Å². The third kappa shape index (κ3) is 5.15. The van der Waals surface area contributed by atoms with Gasteiger partial charge in [-0.15, -0.1) is 12.4 Å². The zero-order valence-electron chi connectivity index (χ0n) is 12.4. The van der Waals surface area contributed by atoms with E-state index in [1.165, 1.54) is 0 Å². The number of nitrogens with zero attached hydrogens (tertiary/aromatic N) is 1. The highest BCUT2D eigenvalue weighted by Gasteiger charge is 2.23. The van der Waals surface area contributed by atoms with Crippen LogP contribution in [0.5, 0.6) is 0 Å². The molecule has 21 heavy (non-hydrogen) atoms. The van der Waals surface area contributed by atoms with Crippen molar-refractivity contribution in [3.63, 3.8) is 0 Å². The van der Waals surface area contributed by atoms with Gasteiger partial charge in [0.15, 0.2) is 0 Å². The summed E-state index contributed by atoms with van der Waals surface area (Å²) >= 11 is 6.14. The molecule has 1 aliphatic rings. The van der Waals surface area contributed by atoms with E-state index in [9.17, 15) is 4.79 Å². The van der Waals surface area contributed by atoms with Crippen molar-refractivity contribution in [1.29, 1.82) is 0 Å². The lowest BCUT2D eigenvalue weighted by Crippen LogP contribution is -2.38. The van der Waals surface area contributed by atoms with Crippen molar-refractivity contribution in [3.8, 4) is 0 Å². The second-order valence-corrected chi connectivity index (χ2v) is 5.73. The van der Waals surface area contributed by atoms with Crippen LogP contribution in [0.3, 0.4) is 0 Å². The number of hydrogen-bond donors (Lipinski definition) is 2. The standard InChI is InChI=1S/C15H22ClN3O.ClH/c1-11(13-5-3-4-6-14(13)16)18-15(20)10-19-8-7-12(9-19)17-2;/h3-6,11-12,17H,7-10H2,1-2H3,(H,18,20);1H. The molecule has 4 nitrogen and oxygen atoms in total. The Kier molecular flexibility index (Phi) is 7.46. The predicted molar refractivity (Wildman–Crippen MR) is 89.2 cm³/mol. The van der Waals surface area contributed by atoms with E-state index in [1.54, 1.807) is 0 Å². The lowest BCUT2D eigenvalue weighted by Gasteiger charge is -2.19. The average Bonchev–Trinajstić information content (AvgIpc) is 2.86. The Morgan fingerprint density at radius 2 is 2.19 bits per heavy atom. The zero-order valence-corrected chi connectivity index (χ0v) is 14.0. The van der Waals surface area contributed by atoms with Crippen LogP contribution in [0.1, 0.15) is 24.9 Å². The topological polar surface area (TPSA) is 44.4 Å². The second-order valence-electron chi connectivity index (χ2n) is 5.32. The number of hydrogen-bond acceptors (Lipinski definition) is 3. The van der Waals surface area contributed by atoms with Gasteiger partial charge in [-0.1, -0.05) is 29.8 Å². The molecule has 2 rings (SSSR count). The number of amides is 1. The lowest BCUT2D eigenvalue weighted by molar-refractivity contribution is -0.122.